The summed E-state index contributed by atoms with van der Waals surface area (Å²) in [6.07, 6.45) is 0.949. The van der Waals surface area contributed by atoms with Gasteiger partial charge in [-0.1, -0.05) is 12.1 Å². The van der Waals surface area contributed by atoms with Crippen molar-refractivity contribution in [2.45, 2.75) is 19.9 Å². The molecular weight excluding hydrogens is 212 g/mol. The van der Waals surface area contributed by atoms with Gasteiger partial charge in [-0.05, 0) is 26.0 Å². The van der Waals surface area contributed by atoms with Crippen molar-refractivity contribution in [1.29, 1.82) is 0 Å². The number of hydrogen-bond donors (Lipinski definition) is 0. The lowest BCUT2D eigenvalue weighted by Gasteiger charge is -2.38. The molecule has 1 aromatic carbocycles. The summed E-state index contributed by atoms with van der Waals surface area (Å²) in [6.45, 7) is 8.62. The first kappa shape index (κ1) is 12.1. The SMILES string of the molecule is CC(C)N1CCN(c2ccccc2C=O)CC1. The van der Waals surface area contributed by atoms with Gasteiger partial charge in [-0.2, -0.15) is 0 Å². The van der Waals surface area contributed by atoms with Crippen molar-refractivity contribution in [2.24, 2.45) is 0 Å². The molecule has 0 unspecified atom stereocenters. The van der Waals surface area contributed by atoms with Crippen LogP contribution in [0, 0.1) is 0 Å². The van der Waals surface area contributed by atoms with Gasteiger partial charge in [0.25, 0.3) is 0 Å². The Balaban J connectivity index is 2.07. The van der Waals surface area contributed by atoms with Crippen LogP contribution in [0.5, 0.6) is 0 Å². The van der Waals surface area contributed by atoms with Crippen molar-refractivity contribution in [1.82, 2.24) is 4.90 Å². The molecule has 3 heteroatoms. The lowest BCUT2D eigenvalue weighted by Crippen LogP contribution is -2.49. The van der Waals surface area contributed by atoms with E-state index in [1.807, 2.05) is 24.3 Å². The highest BCUT2D eigenvalue weighted by molar-refractivity contribution is 5.84. The van der Waals surface area contributed by atoms with Crippen LogP contribution in [0.2, 0.25) is 0 Å². The first-order valence-electron chi connectivity index (χ1n) is 6.25. The molecule has 17 heavy (non-hydrogen) atoms. The molecular formula is C14H20N2O. The summed E-state index contributed by atoms with van der Waals surface area (Å²) in [5.41, 5.74) is 1.87. The smallest absolute Gasteiger partial charge is 0.152 e. The highest BCUT2D eigenvalue weighted by Gasteiger charge is 2.20. The van der Waals surface area contributed by atoms with Crippen LogP contribution in [0.3, 0.4) is 0 Å². The Bertz CT molecular complexity index is 382. The van der Waals surface area contributed by atoms with E-state index in [4.69, 9.17) is 0 Å². The molecule has 0 aromatic heterocycles. The van der Waals surface area contributed by atoms with E-state index in [1.54, 1.807) is 0 Å². The van der Waals surface area contributed by atoms with Crippen molar-refractivity contribution >= 4 is 12.0 Å². The van der Waals surface area contributed by atoms with E-state index in [0.29, 0.717) is 6.04 Å². The lowest BCUT2D eigenvalue weighted by molar-refractivity contribution is 0.112. The largest absolute Gasteiger partial charge is 0.368 e. The summed E-state index contributed by atoms with van der Waals surface area (Å²) in [4.78, 5) is 15.8. The number of anilines is 1. The van der Waals surface area contributed by atoms with E-state index in [1.165, 1.54) is 0 Å². The summed E-state index contributed by atoms with van der Waals surface area (Å²) in [5.74, 6) is 0. The Morgan fingerprint density at radius 2 is 1.76 bits per heavy atom. The molecule has 0 amide bonds. The Morgan fingerprint density at radius 1 is 1.12 bits per heavy atom. The summed E-state index contributed by atoms with van der Waals surface area (Å²) < 4.78 is 0. The van der Waals surface area contributed by atoms with Gasteiger partial charge in [0.15, 0.2) is 6.29 Å². The van der Waals surface area contributed by atoms with Crippen LogP contribution >= 0.6 is 0 Å². The van der Waals surface area contributed by atoms with Crippen LogP contribution in [-0.4, -0.2) is 43.4 Å². The van der Waals surface area contributed by atoms with Crippen LogP contribution in [0.4, 0.5) is 5.69 Å². The Morgan fingerprint density at radius 3 is 2.35 bits per heavy atom. The van der Waals surface area contributed by atoms with E-state index < -0.39 is 0 Å². The van der Waals surface area contributed by atoms with E-state index >= 15 is 0 Å². The Labute approximate surface area is 103 Å². The minimum Gasteiger partial charge on any atom is -0.368 e. The second kappa shape index (κ2) is 5.32. The van der Waals surface area contributed by atoms with Gasteiger partial charge in [-0.25, -0.2) is 0 Å². The quantitative estimate of drug-likeness (QED) is 0.745. The number of hydrogen-bond acceptors (Lipinski definition) is 3. The maximum absolute atomic E-state index is 11.0. The van der Waals surface area contributed by atoms with E-state index in [0.717, 1.165) is 43.7 Å². The number of carbonyl (C=O) groups excluding carboxylic acids is 1. The standard InChI is InChI=1S/C14H20N2O/c1-12(2)15-7-9-16(10-8-15)14-6-4-3-5-13(14)11-17/h3-6,11-12H,7-10H2,1-2H3. The average Bonchev–Trinajstić information content (AvgIpc) is 2.39. The molecule has 0 radical (unpaired) electrons. The molecule has 0 N–H and O–H groups in total. The van der Waals surface area contributed by atoms with Crippen molar-refractivity contribution in [3.8, 4) is 0 Å². The minimum absolute atomic E-state index is 0.610. The second-order valence-electron chi connectivity index (χ2n) is 4.79. The van der Waals surface area contributed by atoms with Gasteiger partial charge < -0.3 is 4.90 Å². The number of para-hydroxylation sites is 1. The number of piperazine rings is 1. The number of benzene rings is 1. The number of aldehydes is 1. The lowest BCUT2D eigenvalue weighted by atomic mass is 10.1. The predicted octanol–water partition coefficient (Wildman–Crippen LogP) is 2.03. The zero-order chi connectivity index (χ0) is 12.3. The fraction of sp³-hybridized carbons (Fsp3) is 0.500. The molecule has 2 rings (SSSR count). The van der Waals surface area contributed by atoms with Crippen LogP contribution in [0.25, 0.3) is 0 Å². The number of rotatable bonds is 3. The third-order valence-corrected chi connectivity index (χ3v) is 3.45. The van der Waals surface area contributed by atoms with Gasteiger partial charge >= 0.3 is 0 Å². The van der Waals surface area contributed by atoms with Crippen LogP contribution in [0.15, 0.2) is 24.3 Å². The van der Waals surface area contributed by atoms with Gasteiger partial charge in [0.1, 0.15) is 0 Å². The summed E-state index contributed by atoms with van der Waals surface area (Å²) in [6, 6.07) is 8.44. The van der Waals surface area contributed by atoms with Crippen molar-refractivity contribution in [2.75, 3.05) is 31.1 Å². The zero-order valence-corrected chi connectivity index (χ0v) is 10.6. The number of nitrogens with zero attached hydrogens (tertiary/aromatic N) is 2. The minimum atomic E-state index is 0.610. The molecule has 1 aromatic rings. The maximum Gasteiger partial charge on any atom is 0.152 e. The van der Waals surface area contributed by atoms with Crippen molar-refractivity contribution in [3.05, 3.63) is 29.8 Å². The molecule has 1 aliphatic heterocycles. The molecule has 0 spiro atoms. The first-order valence-corrected chi connectivity index (χ1v) is 6.25. The van der Waals surface area contributed by atoms with Gasteiger partial charge in [0.2, 0.25) is 0 Å². The molecule has 0 atom stereocenters. The number of carbonyl (C=O) groups is 1. The van der Waals surface area contributed by atoms with Crippen LogP contribution in [-0.2, 0) is 0 Å². The average molecular weight is 232 g/mol. The van der Waals surface area contributed by atoms with Crippen molar-refractivity contribution < 1.29 is 4.79 Å². The topological polar surface area (TPSA) is 23.6 Å². The Hall–Kier alpha value is -1.35. The van der Waals surface area contributed by atoms with Gasteiger partial charge in [-0.3, -0.25) is 9.69 Å². The predicted molar refractivity (Wildman–Crippen MR) is 70.8 cm³/mol. The summed E-state index contributed by atoms with van der Waals surface area (Å²) in [5, 5.41) is 0. The fourth-order valence-electron chi connectivity index (χ4n) is 2.35. The normalized spacial score (nSPS) is 17.5. The van der Waals surface area contributed by atoms with E-state index in [-0.39, 0.29) is 0 Å². The highest BCUT2D eigenvalue weighted by Crippen LogP contribution is 2.20. The molecule has 0 aliphatic carbocycles. The third kappa shape index (κ3) is 2.67. The molecule has 1 aliphatic rings. The van der Waals surface area contributed by atoms with Crippen LogP contribution < -0.4 is 4.90 Å². The molecule has 92 valence electrons. The second-order valence-corrected chi connectivity index (χ2v) is 4.79. The van der Waals surface area contributed by atoms with Crippen LogP contribution in [0.1, 0.15) is 24.2 Å². The summed E-state index contributed by atoms with van der Waals surface area (Å²) in [7, 11) is 0. The molecule has 1 fully saturated rings. The van der Waals surface area contributed by atoms with Gasteiger partial charge in [-0.15, -0.1) is 0 Å². The van der Waals surface area contributed by atoms with E-state index in [9.17, 15) is 4.79 Å². The van der Waals surface area contributed by atoms with E-state index in [2.05, 4.69) is 23.6 Å². The highest BCUT2D eigenvalue weighted by atomic mass is 16.1. The monoisotopic (exact) mass is 232 g/mol. The van der Waals surface area contributed by atoms with Crippen molar-refractivity contribution in [3.63, 3.8) is 0 Å². The fourth-order valence-corrected chi connectivity index (χ4v) is 2.35. The Kier molecular flexibility index (Phi) is 3.79. The third-order valence-electron chi connectivity index (χ3n) is 3.45. The zero-order valence-electron chi connectivity index (χ0n) is 10.6. The molecule has 3 nitrogen and oxygen atoms in total. The molecule has 0 bridgehead atoms. The molecule has 1 heterocycles. The summed E-state index contributed by atoms with van der Waals surface area (Å²) >= 11 is 0. The maximum atomic E-state index is 11.0. The first-order chi connectivity index (χ1) is 8.22. The van der Waals surface area contributed by atoms with Gasteiger partial charge in [0, 0.05) is 43.5 Å². The molecule has 0 saturated carbocycles. The molecule has 1 saturated heterocycles. The van der Waals surface area contributed by atoms with Gasteiger partial charge in [0.05, 0.1) is 0 Å².